The summed E-state index contributed by atoms with van der Waals surface area (Å²) in [7, 11) is 2.07. The predicted molar refractivity (Wildman–Crippen MR) is 69.5 cm³/mol. The third kappa shape index (κ3) is 5.09. The van der Waals surface area contributed by atoms with E-state index in [1.165, 1.54) is 11.3 Å². The summed E-state index contributed by atoms with van der Waals surface area (Å²) in [4.78, 5) is 8.36. The molecule has 1 rings (SSSR count). The number of aryl methyl sites for hydroxylation is 1. The molecule has 0 aliphatic rings. The van der Waals surface area contributed by atoms with Gasteiger partial charge in [-0.2, -0.15) is 0 Å². The minimum absolute atomic E-state index is 0.250. The van der Waals surface area contributed by atoms with Gasteiger partial charge in [0.05, 0.1) is 5.69 Å². The van der Waals surface area contributed by atoms with Gasteiger partial charge in [-0.25, -0.2) is 0 Å². The van der Waals surface area contributed by atoms with E-state index in [1.54, 1.807) is 11.9 Å². The number of rotatable bonds is 2. The standard InChI is InChI=1S/C9H12BrNS.CH2O2/c1-7-4-5-8(10)6-9(7)11(2)12-3;2-1-3/h4-6H,1-3H3;1H,(H,2,3). The fourth-order valence-electron chi connectivity index (χ4n) is 1.02. The summed E-state index contributed by atoms with van der Waals surface area (Å²) in [5, 5.41) is 6.89. The summed E-state index contributed by atoms with van der Waals surface area (Å²) in [6, 6.07) is 6.31. The van der Waals surface area contributed by atoms with Gasteiger partial charge in [-0.1, -0.05) is 33.9 Å². The molecule has 0 bridgehead atoms. The predicted octanol–water partition coefficient (Wildman–Crippen LogP) is 3.17. The fraction of sp³-hybridized carbons (Fsp3) is 0.300. The first-order valence-corrected chi connectivity index (χ1v) is 6.16. The molecule has 1 aromatic carbocycles. The van der Waals surface area contributed by atoms with Crippen molar-refractivity contribution in [1.82, 2.24) is 0 Å². The van der Waals surface area contributed by atoms with Gasteiger partial charge < -0.3 is 9.41 Å². The second-order valence-electron chi connectivity index (χ2n) is 2.72. The average Bonchev–Trinajstić information content (AvgIpc) is 2.22. The van der Waals surface area contributed by atoms with Crippen LogP contribution in [0.2, 0.25) is 0 Å². The van der Waals surface area contributed by atoms with Crippen molar-refractivity contribution in [3.05, 3.63) is 28.2 Å². The van der Waals surface area contributed by atoms with E-state index >= 15 is 0 Å². The fourth-order valence-corrected chi connectivity index (χ4v) is 1.76. The molecule has 0 radical (unpaired) electrons. The first kappa shape index (κ1) is 14.3. The molecular weight excluding hydrogens is 278 g/mol. The van der Waals surface area contributed by atoms with Crippen LogP contribution in [0, 0.1) is 6.92 Å². The Labute approximate surface area is 103 Å². The van der Waals surface area contributed by atoms with Crippen molar-refractivity contribution < 1.29 is 9.90 Å². The van der Waals surface area contributed by atoms with Crippen LogP contribution in [-0.2, 0) is 4.79 Å². The highest BCUT2D eigenvalue weighted by molar-refractivity contribution is 9.10. The number of carboxylic acid groups (broad SMARTS) is 1. The number of hydrogen-bond donors (Lipinski definition) is 1. The summed E-state index contributed by atoms with van der Waals surface area (Å²) < 4.78 is 3.28. The van der Waals surface area contributed by atoms with Gasteiger partial charge in [-0.3, -0.25) is 4.79 Å². The summed E-state index contributed by atoms with van der Waals surface area (Å²) >= 11 is 5.17. The van der Waals surface area contributed by atoms with Gasteiger partial charge in [0.2, 0.25) is 0 Å². The molecule has 1 aromatic rings. The lowest BCUT2D eigenvalue weighted by Gasteiger charge is -2.17. The molecule has 0 aromatic heterocycles. The molecule has 0 unspecified atom stereocenters. The van der Waals surface area contributed by atoms with Crippen molar-refractivity contribution in [2.75, 3.05) is 17.6 Å². The third-order valence-corrected chi connectivity index (χ3v) is 3.02. The van der Waals surface area contributed by atoms with E-state index in [0.29, 0.717) is 0 Å². The second-order valence-corrected chi connectivity index (χ2v) is 4.54. The van der Waals surface area contributed by atoms with Crippen LogP contribution in [-0.4, -0.2) is 24.9 Å². The van der Waals surface area contributed by atoms with E-state index in [1.807, 2.05) is 0 Å². The number of anilines is 1. The van der Waals surface area contributed by atoms with Crippen LogP contribution >= 0.6 is 27.9 Å². The molecule has 0 aliphatic carbocycles. The molecule has 0 aliphatic heterocycles. The second kappa shape index (κ2) is 7.59. The van der Waals surface area contributed by atoms with Crippen LogP contribution in [0.15, 0.2) is 22.7 Å². The Morgan fingerprint density at radius 1 is 1.53 bits per heavy atom. The maximum Gasteiger partial charge on any atom is 0.290 e. The Hall–Kier alpha value is -0.680. The Bertz CT molecular complexity index is 320. The molecule has 15 heavy (non-hydrogen) atoms. The van der Waals surface area contributed by atoms with E-state index in [9.17, 15) is 0 Å². The van der Waals surface area contributed by atoms with Crippen molar-refractivity contribution in [2.24, 2.45) is 0 Å². The summed E-state index contributed by atoms with van der Waals surface area (Å²) in [6.45, 7) is 1.87. The molecule has 84 valence electrons. The Morgan fingerprint density at radius 2 is 2.07 bits per heavy atom. The minimum Gasteiger partial charge on any atom is -0.483 e. The average molecular weight is 292 g/mol. The van der Waals surface area contributed by atoms with Crippen LogP contribution in [0.4, 0.5) is 5.69 Å². The topological polar surface area (TPSA) is 40.5 Å². The summed E-state index contributed by atoms with van der Waals surface area (Å²) in [5.74, 6) is 0. The highest BCUT2D eigenvalue weighted by atomic mass is 79.9. The van der Waals surface area contributed by atoms with Gasteiger partial charge in [0.25, 0.3) is 6.47 Å². The van der Waals surface area contributed by atoms with Crippen molar-refractivity contribution >= 4 is 40.0 Å². The van der Waals surface area contributed by atoms with Crippen molar-refractivity contribution in [1.29, 1.82) is 0 Å². The smallest absolute Gasteiger partial charge is 0.290 e. The first-order chi connectivity index (χ1) is 7.06. The molecule has 0 spiro atoms. The van der Waals surface area contributed by atoms with Crippen LogP contribution in [0.5, 0.6) is 0 Å². The third-order valence-electron chi connectivity index (χ3n) is 1.78. The van der Waals surface area contributed by atoms with Crippen molar-refractivity contribution in [2.45, 2.75) is 6.92 Å². The molecule has 3 nitrogen and oxygen atoms in total. The normalized spacial score (nSPS) is 8.80. The lowest BCUT2D eigenvalue weighted by atomic mass is 10.2. The summed E-state index contributed by atoms with van der Waals surface area (Å²) in [5.41, 5.74) is 2.56. The molecule has 0 amide bonds. The SMILES string of the molecule is CSN(C)c1cc(Br)ccc1C.O=CO. The molecule has 0 saturated carbocycles. The zero-order chi connectivity index (χ0) is 11.8. The molecule has 0 atom stereocenters. The van der Waals surface area contributed by atoms with E-state index in [2.05, 4.69) is 58.7 Å². The zero-order valence-electron chi connectivity index (χ0n) is 8.90. The van der Waals surface area contributed by atoms with Gasteiger partial charge in [0.15, 0.2) is 0 Å². The van der Waals surface area contributed by atoms with E-state index in [0.717, 1.165) is 4.47 Å². The Balaban J connectivity index is 0.000000583. The lowest BCUT2D eigenvalue weighted by Crippen LogP contribution is -2.06. The summed E-state index contributed by atoms with van der Waals surface area (Å²) in [6.07, 6.45) is 2.07. The highest BCUT2D eigenvalue weighted by Gasteiger charge is 2.02. The van der Waals surface area contributed by atoms with Crippen LogP contribution in [0.3, 0.4) is 0 Å². The van der Waals surface area contributed by atoms with Crippen molar-refractivity contribution in [3.63, 3.8) is 0 Å². The first-order valence-electron chi connectivity index (χ1n) is 4.18. The molecule has 0 fully saturated rings. The largest absolute Gasteiger partial charge is 0.483 e. The van der Waals surface area contributed by atoms with Gasteiger partial charge >= 0.3 is 0 Å². The Morgan fingerprint density at radius 3 is 2.53 bits per heavy atom. The Kier molecular flexibility index (Phi) is 7.25. The molecule has 5 heteroatoms. The van der Waals surface area contributed by atoms with Gasteiger partial charge in [0, 0.05) is 17.8 Å². The van der Waals surface area contributed by atoms with E-state index in [4.69, 9.17) is 9.90 Å². The molecule has 1 N–H and O–H groups in total. The maximum atomic E-state index is 8.36. The lowest BCUT2D eigenvalue weighted by molar-refractivity contribution is -0.122. The minimum atomic E-state index is -0.250. The molecular formula is C10H14BrNO2S. The number of benzene rings is 1. The van der Waals surface area contributed by atoms with Crippen LogP contribution in [0.1, 0.15) is 5.56 Å². The number of hydrogen-bond acceptors (Lipinski definition) is 3. The van der Waals surface area contributed by atoms with Crippen molar-refractivity contribution in [3.8, 4) is 0 Å². The van der Waals surface area contributed by atoms with E-state index in [-0.39, 0.29) is 6.47 Å². The number of carbonyl (C=O) groups is 1. The van der Waals surface area contributed by atoms with Crippen LogP contribution in [0.25, 0.3) is 0 Å². The zero-order valence-corrected chi connectivity index (χ0v) is 11.3. The number of halogens is 1. The highest BCUT2D eigenvalue weighted by Crippen LogP contribution is 2.26. The monoisotopic (exact) mass is 291 g/mol. The van der Waals surface area contributed by atoms with Gasteiger partial charge in [0.1, 0.15) is 0 Å². The van der Waals surface area contributed by atoms with Gasteiger partial charge in [-0.05, 0) is 24.6 Å². The molecule has 0 heterocycles. The molecule has 0 saturated heterocycles. The van der Waals surface area contributed by atoms with Gasteiger partial charge in [-0.15, -0.1) is 0 Å². The maximum absolute atomic E-state index is 8.36. The van der Waals surface area contributed by atoms with Crippen LogP contribution < -0.4 is 4.31 Å². The number of nitrogens with zero attached hydrogens (tertiary/aromatic N) is 1. The quantitative estimate of drug-likeness (QED) is 0.671. The van der Waals surface area contributed by atoms with E-state index < -0.39 is 0 Å².